The monoisotopic (exact) mass is 129 g/mol. The van der Waals surface area contributed by atoms with Gasteiger partial charge in [-0.05, 0) is 6.42 Å². The van der Waals surface area contributed by atoms with Crippen molar-refractivity contribution in [2.45, 2.75) is 18.9 Å². The van der Waals surface area contributed by atoms with Crippen molar-refractivity contribution in [1.82, 2.24) is 4.90 Å². The number of carbonyl (C=O) groups excluding carboxylic acids is 1. The first-order valence-corrected chi connectivity index (χ1v) is 3.12. The van der Waals surface area contributed by atoms with Crippen LogP contribution in [0.25, 0.3) is 0 Å². The van der Waals surface area contributed by atoms with E-state index in [4.69, 9.17) is 5.11 Å². The van der Waals surface area contributed by atoms with Gasteiger partial charge in [-0.25, -0.2) is 0 Å². The lowest BCUT2D eigenvalue weighted by Gasteiger charge is -2.25. The molecule has 0 bridgehead atoms. The van der Waals surface area contributed by atoms with Crippen LogP contribution in [0.15, 0.2) is 0 Å². The van der Waals surface area contributed by atoms with E-state index in [0.717, 1.165) is 6.42 Å². The summed E-state index contributed by atoms with van der Waals surface area (Å²) in [6.45, 7) is 0.694. The molecule has 1 heterocycles. The van der Waals surface area contributed by atoms with Crippen molar-refractivity contribution in [3.05, 3.63) is 0 Å². The first kappa shape index (κ1) is 6.55. The van der Waals surface area contributed by atoms with Crippen LogP contribution < -0.4 is 0 Å². The van der Waals surface area contributed by atoms with Crippen LogP contribution in [0, 0.1) is 0 Å². The fraction of sp³-hybridized carbons (Fsp3) is 0.833. The molecule has 3 heteroatoms. The van der Waals surface area contributed by atoms with E-state index in [9.17, 15) is 4.79 Å². The Balaban J connectivity index is 2.44. The van der Waals surface area contributed by atoms with Gasteiger partial charge in [-0.1, -0.05) is 0 Å². The van der Waals surface area contributed by atoms with Crippen molar-refractivity contribution in [2.75, 3.05) is 13.6 Å². The number of hydrogen-bond donors (Lipinski definition) is 1. The Hall–Kier alpha value is -0.570. The number of rotatable bonds is 0. The van der Waals surface area contributed by atoms with Gasteiger partial charge < -0.3 is 10.0 Å². The van der Waals surface area contributed by atoms with E-state index >= 15 is 0 Å². The molecule has 0 aromatic carbocycles. The van der Waals surface area contributed by atoms with Gasteiger partial charge in [0.05, 0.1) is 12.5 Å². The summed E-state index contributed by atoms with van der Waals surface area (Å²) < 4.78 is 0. The molecule has 0 aromatic rings. The Labute approximate surface area is 54.3 Å². The van der Waals surface area contributed by atoms with E-state index in [1.165, 1.54) is 0 Å². The standard InChI is InChI=1S/C6H11NO2/c1-7-3-2-5(8)4-6(7)9/h5,8H,2-4H2,1H3. The molecule has 0 saturated carbocycles. The van der Waals surface area contributed by atoms with Crippen LogP contribution in [0.2, 0.25) is 0 Å². The van der Waals surface area contributed by atoms with Crippen LogP contribution in [-0.2, 0) is 4.79 Å². The molecule has 0 radical (unpaired) electrons. The van der Waals surface area contributed by atoms with Crippen molar-refractivity contribution < 1.29 is 9.90 Å². The highest BCUT2D eigenvalue weighted by Gasteiger charge is 2.20. The second-order valence-corrected chi connectivity index (χ2v) is 2.46. The molecular formula is C6H11NO2. The van der Waals surface area contributed by atoms with E-state index in [0.29, 0.717) is 13.0 Å². The molecule has 1 N–H and O–H groups in total. The van der Waals surface area contributed by atoms with Crippen LogP contribution in [0.4, 0.5) is 0 Å². The molecule has 1 rings (SSSR count). The lowest BCUT2D eigenvalue weighted by molar-refractivity contribution is -0.135. The summed E-state index contributed by atoms with van der Waals surface area (Å²) >= 11 is 0. The number of aliphatic hydroxyl groups excluding tert-OH is 1. The number of aliphatic hydroxyl groups is 1. The van der Waals surface area contributed by atoms with Crippen molar-refractivity contribution in [3.8, 4) is 0 Å². The summed E-state index contributed by atoms with van der Waals surface area (Å²) in [5.41, 5.74) is 0. The molecule has 1 fully saturated rings. The highest BCUT2D eigenvalue weighted by molar-refractivity contribution is 5.77. The number of likely N-dealkylation sites (tertiary alicyclic amines) is 1. The van der Waals surface area contributed by atoms with E-state index in [1.54, 1.807) is 11.9 Å². The molecule has 1 aliphatic heterocycles. The number of nitrogens with zero attached hydrogens (tertiary/aromatic N) is 1. The van der Waals surface area contributed by atoms with Crippen LogP contribution in [-0.4, -0.2) is 35.6 Å². The fourth-order valence-corrected chi connectivity index (χ4v) is 0.927. The molecule has 9 heavy (non-hydrogen) atoms. The Bertz CT molecular complexity index is 124. The van der Waals surface area contributed by atoms with Crippen molar-refractivity contribution in [3.63, 3.8) is 0 Å². The second-order valence-electron chi connectivity index (χ2n) is 2.46. The molecule has 1 aliphatic rings. The van der Waals surface area contributed by atoms with Gasteiger partial charge in [0.2, 0.25) is 5.91 Å². The minimum atomic E-state index is -0.395. The summed E-state index contributed by atoms with van der Waals surface area (Å²) in [4.78, 5) is 12.4. The largest absolute Gasteiger partial charge is 0.393 e. The minimum Gasteiger partial charge on any atom is -0.393 e. The first-order chi connectivity index (χ1) is 4.20. The van der Waals surface area contributed by atoms with Gasteiger partial charge >= 0.3 is 0 Å². The topological polar surface area (TPSA) is 40.5 Å². The number of carbonyl (C=O) groups is 1. The normalized spacial score (nSPS) is 28.9. The number of hydrogen-bond acceptors (Lipinski definition) is 2. The van der Waals surface area contributed by atoms with Crippen LogP contribution in [0.1, 0.15) is 12.8 Å². The number of piperidine rings is 1. The summed E-state index contributed by atoms with van der Waals surface area (Å²) in [6, 6.07) is 0. The summed E-state index contributed by atoms with van der Waals surface area (Å²) in [5, 5.41) is 8.95. The van der Waals surface area contributed by atoms with Crippen molar-refractivity contribution >= 4 is 5.91 Å². The zero-order valence-electron chi connectivity index (χ0n) is 5.50. The SMILES string of the molecule is CN1CCC(O)CC1=O. The molecule has 3 nitrogen and oxygen atoms in total. The van der Waals surface area contributed by atoms with Crippen LogP contribution >= 0.6 is 0 Å². The van der Waals surface area contributed by atoms with Crippen LogP contribution in [0.3, 0.4) is 0 Å². The third-order valence-corrected chi connectivity index (χ3v) is 1.63. The van der Waals surface area contributed by atoms with Gasteiger partial charge in [-0.3, -0.25) is 4.79 Å². The van der Waals surface area contributed by atoms with Gasteiger partial charge in [0, 0.05) is 13.6 Å². The maximum absolute atomic E-state index is 10.8. The molecule has 0 spiro atoms. The average Bonchev–Trinajstić information content (AvgIpc) is 1.80. The summed E-state index contributed by atoms with van der Waals surface area (Å²) in [7, 11) is 1.76. The Morgan fingerprint density at radius 2 is 2.44 bits per heavy atom. The first-order valence-electron chi connectivity index (χ1n) is 3.12. The van der Waals surface area contributed by atoms with E-state index < -0.39 is 6.10 Å². The second kappa shape index (κ2) is 2.35. The van der Waals surface area contributed by atoms with Gasteiger partial charge in [0.25, 0.3) is 0 Å². The maximum atomic E-state index is 10.8. The molecule has 1 atom stereocenters. The Kier molecular flexibility index (Phi) is 1.71. The van der Waals surface area contributed by atoms with Crippen molar-refractivity contribution in [2.24, 2.45) is 0 Å². The predicted octanol–water partition coefficient (Wildman–Crippen LogP) is -0.401. The summed E-state index contributed by atoms with van der Waals surface area (Å²) in [6.07, 6.45) is 0.632. The van der Waals surface area contributed by atoms with E-state index in [2.05, 4.69) is 0 Å². The van der Waals surface area contributed by atoms with Crippen LogP contribution in [0.5, 0.6) is 0 Å². The average molecular weight is 129 g/mol. The maximum Gasteiger partial charge on any atom is 0.224 e. The highest BCUT2D eigenvalue weighted by atomic mass is 16.3. The zero-order valence-corrected chi connectivity index (χ0v) is 5.50. The molecule has 1 amide bonds. The molecule has 52 valence electrons. The smallest absolute Gasteiger partial charge is 0.224 e. The highest BCUT2D eigenvalue weighted by Crippen LogP contribution is 2.08. The minimum absolute atomic E-state index is 0.0498. The quantitative estimate of drug-likeness (QED) is 0.483. The Morgan fingerprint density at radius 1 is 1.78 bits per heavy atom. The predicted molar refractivity (Wildman–Crippen MR) is 32.9 cm³/mol. The van der Waals surface area contributed by atoms with Gasteiger partial charge in [-0.15, -0.1) is 0 Å². The van der Waals surface area contributed by atoms with E-state index in [1.807, 2.05) is 0 Å². The Morgan fingerprint density at radius 3 is 2.89 bits per heavy atom. The molecular weight excluding hydrogens is 118 g/mol. The third kappa shape index (κ3) is 1.42. The van der Waals surface area contributed by atoms with E-state index in [-0.39, 0.29) is 5.91 Å². The zero-order chi connectivity index (χ0) is 6.85. The summed E-state index contributed by atoms with van der Waals surface area (Å²) in [5.74, 6) is 0.0498. The van der Waals surface area contributed by atoms with Gasteiger partial charge in [0.1, 0.15) is 0 Å². The fourth-order valence-electron chi connectivity index (χ4n) is 0.927. The third-order valence-electron chi connectivity index (χ3n) is 1.63. The molecule has 1 saturated heterocycles. The van der Waals surface area contributed by atoms with Gasteiger partial charge in [0.15, 0.2) is 0 Å². The molecule has 0 aliphatic carbocycles. The molecule has 1 unspecified atom stereocenters. The lowest BCUT2D eigenvalue weighted by atomic mass is 10.1. The van der Waals surface area contributed by atoms with Crippen molar-refractivity contribution in [1.29, 1.82) is 0 Å². The van der Waals surface area contributed by atoms with Gasteiger partial charge in [-0.2, -0.15) is 0 Å². The molecule has 0 aromatic heterocycles. The number of amides is 1. The lowest BCUT2D eigenvalue weighted by Crippen LogP contribution is -2.37.